The van der Waals surface area contributed by atoms with E-state index in [1.165, 1.54) is 0 Å². The van der Waals surface area contributed by atoms with Crippen LogP contribution in [0, 0.1) is 0 Å². The summed E-state index contributed by atoms with van der Waals surface area (Å²) in [5, 5.41) is 4.33. The molecule has 0 unspecified atom stereocenters. The van der Waals surface area contributed by atoms with Crippen molar-refractivity contribution in [1.29, 1.82) is 0 Å². The molecule has 0 bridgehead atoms. The first-order valence-electron chi connectivity index (χ1n) is 16.6. The lowest BCUT2D eigenvalue weighted by Gasteiger charge is -2.13. The topological polar surface area (TPSA) is 65.0 Å². The molecule has 0 amide bonds. The Morgan fingerprint density at radius 1 is 0.340 bits per heavy atom. The second-order valence-corrected chi connectivity index (χ2v) is 12.5. The Kier molecular flexibility index (Phi) is 6.42. The van der Waals surface area contributed by atoms with Gasteiger partial charge in [-0.2, -0.15) is 0 Å². The van der Waals surface area contributed by atoms with Crippen molar-refractivity contribution >= 4 is 43.9 Å². The van der Waals surface area contributed by atoms with E-state index in [1.807, 2.05) is 66.9 Å². The van der Waals surface area contributed by atoms with Gasteiger partial charge in [-0.3, -0.25) is 4.98 Å². The van der Waals surface area contributed by atoms with Crippen molar-refractivity contribution in [3.8, 4) is 56.2 Å². The summed E-state index contributed by atoms with van der Waals surface area (Å²) in [6.45, 7) is 0. The minimum atomic E-state index is 0.662. The number of pyridine rings is 1. The molecular weight excluding hydrogens is 615 g/mol. The third kappa shape index (κ3) is 4.83. The Morgan fingerprint density at radius 2 is 0.880 bits per heavy atom. The third-order valence-electron chi connectivity index (χ3n) is 9.36. The number of benzene rings is 6. The maximum Gasteiger partial charge on any atom is 0.160 e. The number of furan rings is 2. The summed E-state index contributed by atoms with van der Waals surface area (Å²) in [6, 6.07) is 52.0. The number of aromatic nitrogens is 3. The lowest BCUT2D eigenvalue weighted by molar-refractivity contribution is 0.668. The minimum absolute atomic E-state index is 0.662. The molecule has 0 saturated heterocycles. The first-order valence-corrected chi connectivity index (χ1v) is 16.6. The largest absolute Gasteiger partial charge is 0.456 e. The molecule has 0 N–H and O–H groups in total. The third-order valence-corrected chi connectivity index (χ3v) is 9.36. The van der Waals surface area contributed by atoms with E-state index < -0.39 is 0 Å². The highest BCUT2D eigenvalue weighted by molar-refractivity contribution is 6.07. The van der Waals surface area contributed by atoms with Gasteiger partial charge in [-0.05, 0) is 89.5 Å². The Bertz CT molecular complexity index is 2670. The molecular formula is C45H27N3O2. The maximum atomic E-state index is 6.15. The minimum Gasteiger partial charge on any atom is -0.456 e. The number of rotatable bonds is 5. The van der Waals surface area contributed by atoms with E-state index in [9.17, 15) is 0 Å². The van der Waals surface area contributed by atoms with E-state index >= 15 is 0 Å². The van der Waals surface area contributed by atoms with E-state index in [1.54, 1.807) is 6.20 Å². The molecule has 5 heteroatoms. The van der Waals surface area contributed by atoms with Crippen LogP contribution in [0.4, 0.5) is 0 Å². The van der Waals surface area contributed by atoms with Gasteiger partial charge < -0.3 is 8.83 Å². The number of para-hydroxylation sites is 2. The number of nitrogens with zero attached hydrogens (tertiary/aromatic N) is 3. The molecule has 4 aromatic heterocycles. The summed E-state index contributed by atoms with van der Waals surface area (Å²) in [7, 11) is 0. The van der Waals surface area contributed by atoms with Crippen molar-refractivity contribution in [2.24, 2.45) is 0 Å². The molecule has 10 rings (SSSR count). The molecule has 0 radical (unpaired) electrons. The van der Waals surface area contributed by atoms with Crippen LogP contribution in [0.2, 0.25) is 0 Å². The van der Waals surface area contributed by atoms with E-state index in [4.69, 9.17) is 18.8 Å². The van der Waals surface area contributed by atoms with Crippen molar-refractivity contribution in [3.05, 3.63) is 164 Å². The van der Waals surface area contributed by atoms with Gasteiger partial charge in [0.15, 0.2) is 5.82 Å². The van der Waals surface area contributed by atoms with Gasteiger partial charge in [-0.25, -0.2) is 9.97 Å². The van der Waals surface area contributed by atoms with Gasteiger partial charge in [0.25, 0.3) is 0 Å². The van der Waals surface area contributed by atoms with Gasteiger partial charge in [0.1, 0.15) is 22.3 Å². The highest BCUT2D eigenvalue weighted by atomic mass is 16.3. The zero-order chi connectivity index (χ0) is 33.0. The van der Waals surface area contributed by atoms with Gasteiger partial charge in [0, 0.05) is 56.2 Å². The van der Waals surface area contributed by atoms with Crippen LogP contribution in [0.5, 0.6) is 0 Å². The van der Waals surface area contributed by atoms with E-state index in [-0.39, 0.29) is 0 Å². The molecule has 10 aromatic rings. The average Bonchev–Trinajstić information content (AvgIpc) is 3.76. The van der Waals surface area contributed by atoms with Crippen LogP contribution in [0.25, 0.3) is 100 Å². The van der Waals surface area contributed by atoms with Crippen molar-refractivity contribution in [2.75, 3.05) is 0 Å². The summed E-state index contributed by atoms with van der Waals surface area (Å²) in [5.41, 5.74) is 12.3. The summed E-state index contributed by atoms with van der Waals surface area (Å²) in [6.07, 6.45) is 3.70. The fourth-order valence-electron chi connectivity index (χ4n) is 6.89. The standard InChI is InChI=1S/C45H27N3O2/c1-2-9-28(10-3-1)45-47-39(30-17-19-44-38(25-30)36-13-5-7-15-42(36)50-44)26-40(48-45)34-22-32(21-33(23-34)31-11-8-20-46-27-31)29-16-18-43-37(24-29)35-12-4-6-14-41(35)49-43/h1-27H. The van der Waals surface area contributed by atoms with Crippen LogP contribution in [0.15, 0.2) is 173 Å². The summed E-state index contributed by atoms with van der Waals surface area (Å²) in [4.78, 5) is 14.8. The lowest BCUT2D eigenvalue weighted by atomic mass is 9.94. The monoisotopic (exact) mass is 641 g/mol. The van der Waals surface area contributed by atoms with Gasteiger partial charge in [-0.1, -0.05) is 78.9 Å². The van der Waals surface area contributed by atoms with Crippen LogP contribution in [0.3, 0.4) is 0 Å². The van der Waals surface area contributed by atoms with Gasteiger partial charge in [-0.15, -0.1) is 0 Å². The fraction of sp³-hybridized carbons (Fsp3) is 0. The van der Waals surface area contributed by atoms with Crippen LogP contribution < -0.4 is 0 Å². The summed E-state index contributed by atoms with van der Waals surface area (Å²) >= 11 is 0. The first-order chi connectivity index (χ1) is 24.7. The maximum absolute atomic E-state index is 6.15. The van der Waals surface area contributed by atoms with Gasteiger partial charge >= 0.3 is 0 Å². The SMILES string of the molecule is c1ccc(-c2nc(-c3cc(-c4cccnc4)cc(-c4ccc5oc6ccccc6c5c4)c3)cc(-c3ccc4oc5ccccc5c4c3)n2)cc1. The number of fused-ring (bicyclic) bond motifs is 6. The summed E-state index contributed by atoms with van der Waals surface area (Å²) in [5.74, 6) is 0.662. The molecule has 0 aliphatic heterocycles. The fourth-order valence-corrected chi connectivity index (χ4v) is 6.89. The summed E-state index contributed by atoms with van der Waals surface area (Å²) < 4.78 is 12.3. The number of hydrogen-bond donors (Lipinski definition) is 0. The second kappa shape index (κ2) is 11.4. The first kappa shape index (κ1) is 28.2. The molecule has 0 fully saturated rings. The van der Waals surface area contributed by atoms with Crippen LogP contribution in [-0.4, -0.2) is 15.0 Å². The van der Waals surface area contributed by atoms with Gasteiger partial charge in [0.05, 0.1) is 11.4 Å². The van der Waals surface area contributed by atoms with E-state index in [0.717, 1.165) is 94.2 Å². The molecule has 234 valence electrons. The molecule has 0 aliphatic rings. The zero-order valence-corrected chi connectivity index (χ0v) is 26.7. The normalized spacial score (nSPS) is 11.6. The second-order valence-electron chi connectivity index (χ2n) is 12.5. The Balaban J connectivity index is 1.19. The van der Waals surface area contributed by atoms with Crippen LogP contribution in [-0.2, 0) is 0 Å². The molecule has 5 nitrogen and oxygen atoms in total. The molecule has 6 aromatic carbocycles. The van der Waals surface area contributed by atoms with Crippen LogP contribution in [0.1, 0.15) is 0 Å². The van der Waals surface area contributed by atoms with E-state index in [2.05, 4.69) is 96.0 Å². The molecule has 50 heavy (non-hydrogen) atoms. The van der Waals surface area contributed by atoms with E-state index in [0.29, 0.717) is 5.82 Å². The Morgan fingerprint density at radius 3 is 1.56 bits per heavy atom. The zero-order valence-electron chi connectivity index (χ0n) is 26.7. The molecule has 0 aliphatic carbocycles. The molecule has 4 heterocycles. The molecule has 0 atom stereocenters. The predicted molar refractivity (Wildman–Crippen MR) is 202 cm³/mol. The smallest absolute Gasteiger partial charge is 0.160 e. The lowest BCUT2D eigenvalue weighted by Crippen LogP contribution is -1.96. The van der Waals surface area contributed by atoms with Crippen molar-refractivity contribution in [1.82, 2.24) is 15.0 Å². The van der Waals surface area contributed by atoms with Crippen molar-refractivity contribution in [2.45, 2.75) is 0 Å². The Labute approximate surface area is 287 Å². The Hall–Kier alpha value is -6.85. The van der Waals surface area contributed by atoms with Crippen molar-refractivity contribution in [3.63, 3.8) is 0 Å². The van der Waals surface area contributed by atoms with Gasteiger partial charge in [0.2, 0.25) is 0 Å². The van der Waals surface area contributed by atoms with Crippen molar-refractivity contribution < 1.29 is 8.83 Å². The number of hydrogen-bond acceptors (Lipinski definition) is 5. The highest BCUT2D eigenvalue weighted by Gasteiger charge is 2.16. The predicted octanol–water partition coefficient (Wildman–Crippen LogP) is 12.0. The molecule has 0 saturated carbocycles. The highest BCUT2D eigenvalue weighted by Crippen LogP contribution is 2.38. The molecule has 0 spiro atoms. The quantitative estimate of drug-likeness (QED) is 0.187. The van der Waals surface area contributed by atoms with Crippen LogP contribution >= 0.6 is 0 Å². The average molecular weight is 642 g/mol.